The van der Waals surface area contributed by atoms with Crippen LogP contribution in [0.4, 0.5) is 10.2 Å². The lowest BCUT2D eigenvalue weighted by Crippen LogP contribution is -2.49. The van der Waals surface area contributed by atoms with Crippen LogP contribution < -0.4 is 4.90 Å². The zero-order valence-electron chi connectivity index (χ0n) is 15.8. The molecule has 2 aromatic carbocycles. The van der Waals surface area contributed by atoms with Crippen molar-refractivity contribution in [3.05, 3.63) is 78.4 Å². The van der Waals surface area contributed by atoms with Gasteiger partial charge in [0.05, 0.1) is 11.4 Å². The number of rotatable bonds is 5. The maximum atomic E-state index is 13.5. The van der Waals surface area contributed by atoms with E-state index in [0.717, 1.165) is 5.56 Å². The highest BCUT2D eigenvalue weighted by Gasteiger charge is 2.27. The lowest BCUT2D eigenvalue weighted by molar-refractivity contribution is 0.383. The number of piperazine rings is 1. The Hall–Kier alpha value is -2.84. The molecule has 6 nitrogen and oxygen atoms in total. The van der Waals surface area contributed by atoms with Crippen LogP contribution in [0.1, 0.15) is 5.56 Å². The number of halogens is 1. The average molecular weight is 412 g/mol. The van der Waals surface area contributed by atoms with Gasteiger partial charge in [0.25, 0.3) is 0 Å². The molecule has 0 atom stereocenters. The minimum atomic E-state index is -3.37. The highest BCUT2D eigenvalue weighted by Crippen LogP contribution is 2.23. The third kappa shape index (κ3) is 4.60. The first-order valence-corrected chi connectivity index (χ1v) is 11.0. The average Bonchev–Trinajstić information content (AvgIpc) is 2.74. The van der Waals surface area contributed by atoms with Crippen molar-refractivity contribution >= 4 is 15.8 Å². The Morgan fingerprint density at radius 2 is 1.66 bits per heavy atom. The van der Waals surface area contributed by atoms with Crippen molar-refractivity contribution < 1.29 is 12.8 Å². The zero-order valence-corrected chi connectivity index (χ0v) is 16.6. The molecular formula is C21H21FN4O2S. The Morgan fingerprint density at radius 3 is 2.38 bits per heavy atom. The second-order valence-corrected chi connectivity index (χ2v) is 8.87. The van der Waals surface area contributed by atoms with Crippen LogP contribution in [0.3, 0.4) is 0 Å². The van der Waals surface area contributed by atoms with Gasteiger partial charge in [-0.3, -0.25) is 0 Å². The molecule has 1 aliphatic heterocycles. The number of sulfonamides is 1. The van der Waals surface area contributed by atoms with Gasteiger partial charge in [-0.25, -0.2) is 22.8 Å². The summed E-state index contributed by atoms with van der Waals surface area (Å²) in [5.41, 5.74) is 2.09. The number of hydrogen-bond donors (Lipinski definition) is 0. The summed E-state index contributed by atoms with van der Waals surface area (Å²) < 4.78 is 40.5. The van der Waals surface area contributed by atoms with E-state index < -0.39 is 10.0 Å². The predicted octanol–water partition coefficient (Wildman–Crippen LogP) is 2.93. The van der Waals surface area contributed by atoms with Gasteiger partial charge in [-0.1, -0.05) is 42.5 Å². The van der Waals surface area contributed by atoms with E-state index in [0.29, 0.717) is 43.3 Å². The molecule has 1 aromatic heterocycles. The van der Waals surface area contributed by atoms with Gasteiger partial charge >= 0.3 is 0 Å². The monoisotopic (exact) mass is 412 g/mol. The Kier molecular flexibility index (Phi) is 5.55. The number of benzene rings is 2. The second kappa shape index (κ2) is 8.26. The smallest absolute Gasteiger partial charge is 0.218 e. The van der Waals surface area contributed by atoms with Crippen molar-refractivity contribution in [2.45, 2.75) is 5.75 Å². The van der Waals surface area contributed by atoms with Gasteiger partial charge in [-0.2, -0.15) is 4.31 Å². The first-order valence-electron chi connectivity index (χ1n) is 9.36. The Labute approximate surface area is 169 Å². The van der Waals surface area contributed by atoms with Gasteiger partial charge in [-0.05, 0) is 17.7 Å². The molecule has 0 N–H and O–H groups in total. The molecule has 0 radical (unpaired) electrons. The standard InChI is InChI=1S/C21H21FN4O2S/c22-19-8-4-7-18(13-19)20-14-21(24-16-23-20)25-9-11-26(12-10-25)29(27,28)15-17-5-2-1-3-6-17/h1-8,13-14,16H,9-12,15H2. The number of aromatic nitrogens is 2. The quantitative estimate of drug-likeness (QED) is 0.645. The molecule has 150 valence electrons. The highest BCUT2D eigenvalue weighted by atomic mass is 32.2. The summed E-state index contributed by atoms with van der Waals surface area (Å²) in [7, 11) is -3.37. The Morgan fingerprint density at radius 1 is 0.897 bits per heavy atom. The fraction of sp³-hybridized carbons (Fsp3) is 0.238. The lowest BCUT2D eigenvalue weighted by atomic mass is 10.1. The van der Waals surface area contributed by atoms with E-state index in [-0.39, 0.29) is 11.6 Å². The van der Waals surface area contributed by atoms with Crippen molar-refractivity contribution in [1.29, 1.82) is 0 Å². The van der Waals surface area contributed by atoms with E-state index in [9.17, 15) is 12.8 Å². The largest absolute Gasteiger partial charge is 0.354 e. The van der Waals surface area contributed by atoms with Crippen molar-refractivity contribution in [3.8, 4) is 11.3 Å². The van der Waals surface area contributed by atoms with Crippen molar-refractivity contribution in [2.75, 3.05) is 31.1 Å². The molecule has 0 spiro atoms. The third-order valence-corrected chi connectivity index (χ3v) is 6.77. The van der Waals surface area contributed by atoms with Crippen LogP contribution in [-0.4, -0.2) is 48.9 Å². The van der Waals surface area contributed by atoms with E-state index in [1.807, 2.05) is 41.3 Å². The molecule has 1 fully saturated rings. The van der Waals surface area contributed by atoms with E-state index in [1.54, 1.807) is 12.1 Å². The summed E-state index contributed by atoms with van der Waals surface area (Å²) in [4.78, 5) is 10.6. The van der Waals surface area contributed by atoms with Gasteiger partial charge in [0, 0.05) is 37.8 Å². The SMILES string of the molecule is O=S(=O)(Cc1ccccc1)N1CCN(c2cc(-c3cccc(F)c3)ncn2)CC1. The van der Waals surface area contributed by atoms with E-state index in [1.165, 1.54) is 22.8 Å². The highest BCUT2D eigenvalue weighted by molar-refractivity contribution is 7.88. The lowest BCUT2D eigenvalue weighted by Gasteiger charge is -2.34. The minimum Gasteiger partial charge on any atom is -0.354 e. The van der Waals surface area contributed by atoms with Crippen LogP contribution in [0.25, 0.3) is 11.3 Å². The summed E-state index contributed by atoms with van der Waals surface area (Å²) in [5, 5.41) is 0. The second-order valence-electron chi connectivity index (χ2n) is 6.90. The summed E-state index contributed by atoms with van der Waals surface area (Å²) >= 11 is 0. The molecule has 0 unspecified atom stereocenters. The first kappa shape index (κ1) is 19.5. The summed E-state index contributed by atoms with van der Waals surface area (Å²) in [6.07, 6.45) is 1.45. The predicted molar refractivity (Wildman–Crippen MR) is 110 cm³/mol. The van der Waals surface area contributed by atoms with E-state index in [4.69, 9.17) is 0 Å². The molecule has 2 heterocycles. The molecule has 1 aliphatic rings. The first-order chi connectivity index (χ1) is 14.0. The molecule has 8 heteroatoms. The molecule has 0 bridgehead atoms. The fourth-order valence-electron chi connectivity index (χ4n) is 3.40. The number of hydrogen-bond acceptors (Lipinski definition) is 5. The van der Waals surface area contributed by atoms with Crippen LogP contribution in [0.15, 0.2) is 67.0 Å². The van der Waals surface area contributed by atoms with Crippen molar-refractivity contribution in [1.82, 2.24) is 14.3 Å². The van der Waals surface area contributed by atoms with Crippen LogP contribution >= 0.6 is 0 Å². The summed E-state index contributed by atoms with van der Waals surface area (Å²) in [6.45, 7) is 1.87. The third-order valence-electron chi connectivity index (χ3n) is 4.92. The molecule has 0 aliphatic carbocycles. The van der Waals surface area contributed by atoms with Crippen LogP contribution in [0.5, 0.6) is 0 Å². The topological polar surface area (TPSA) is 66.4 Å². The van der Waals surface area contributed by atoms with Crippen molar-refractivity contribution in [3.63, 3.8) is 0 Å². The van der Waals surface area contributed by atoms with Crippen LogP contribution in [0, 0.1) is 5.82 Å². The minimum absolute atomic E-state index is 0.00503. The van der Waals surface area contributed by atoms with E-state index in [2.05, 4.69) is 9.97 Å². The molecule has 0 saturated carbocycles. The molecule has 3 aromatic rings. The van der Waals surface area contributed by atoms with Crippen molar-refractivity contribution in [2.24, 2.45) is 0 Å². The normalized spacial score (nSPS) is 15.4. The molecule has 4 rings (SSSR count). The summed E-state index contributed by atoms with van der Waals surface area (Å²) in [5.74, 6) is 0.393. The maximum Gasteiger partial charge on any atom is 0.218 e. The number of anilines is 1. The number of nitrogens with zero attached hydrogens (tertiary/aromatic N) is 4. The van der Waals surface area contributed by atoms with Gasteiger partial charge in [0.1, 0.15) is 18.0 Å². The molecule has 29 heavy (non-hydrogen) atoms. The fourth-order valence-corrected chi connectivity index (χ4v) is 4.91. The molecule has 1 saturated heterocycles. The van der Waals surface area contributed by atoms with Gasteiger partial charge < -0.3 is 4.90 Å². The molecule has 0 amide bonds. The Balaban J connectivity index is 1.44. The maximum absolute atomic E-state index is 13.5. The van der Waals surface area contributed by atoms with Crippen LogP contribution in [0.2, 0.25) is 0 Å². The summed E-state index contributed by atoms with van der Waals surface area (Å²) in [6, 6.07) is 17.3. The van der Waals surface area contributed by atoms with E-state index >= 15 is 0 Å². The molecular weight excluding hydrogens is 391 g/mol. The zero-order chi connectivity index (χ0) is 20.3. The van der Waals surface area contributed by atoms with Crippen LogP contribution in [-0.2, 0) is 15.8 Å². The van der Waals surface area contributed by atoms with Gasteiger partial charge in [-0.15, -0.1) is 0 Å². The Bertz CT molecular complexity index is 1080. The van der Waals surface area contributed by atoms with Gasteiger partial charge in [0.2, 0.25) is 10.0 Å². The van der Waals surface area contributed by atoms with Gasteiger partial charge in [0.15, 0.2) is 0 Å².